The van der Waals surface area contributed by atoms with E-state index in [0.717, 1.165) is 0 Å². The van der Waals surface area contributed by atoms with Gasteiger partial charge in [-0.05, 0) is 38.5 Å². The van der Waals surface area contributed by atoms with Crippen molar-refractivity contribution in [2.75, 3.05) is 13.2 Å². The number of rotatable bonds is 3. The number of benzene rings is 1. The summed E-state index contributed by atoms with van der Waals surface area (Å²) in [7, 11) is 0. The Bertz CT molecular complexity index is 517. The fourth-order valence-electron chi connectivity index (χ4n) is 2.16. The van der Waals surface area contributed by atoms with Gasteiger partial charge >= 0.3 is 5.97 Å². The molecular formula is C14H16ClNO3. The van der Waals surface area contributed by atoms with Crippen LogP contribution in [-0.4, -0.2) is 35.5 Å². The Labute approximate surface area is 117 Å². The summed E-state index contributed by atoms with van der Waals surface area (Å²) in [5.74, 6) is -0.541. The van der Waals surface area contributed by atoms with Gasteiger partial charge in [0.1, 0.15) is 5.54 Å². The van der Waals surface area contributed by atoms with E-state index >= 15 is 0 Å². The molecule has 1 unspecified atom stereocenters. The lowest BCUT2D eigenvalue weighted by Gasteiger charge is -2.48. The van der Waals surface area contributed by atoms with Gasteiger partial charge in [-0.1, -0.05) is 17.7 Å². The van der Waals surface area contributed by atoms with E-state index in [-0.39, 0.29) is 11.9 Å². The van der Waals surface area contributed by atoms with Gasteiger partial charge < -0.3 is 9.64 Å². The highest BCUT2D eigenvalue weighted by Gasteiger charge is 2.50. The number of ether oxygens (including phenoxy) is 1. The number of hydrogen-bond donors (Lipinski definition) is 0. The van der Waals surface area contributed by atoms with Crippen molar-refractivity contribution < 1.29 is 14.3 Å². The summed E-state index contributed by atoms with van der Waals surface area (Å²) in [6.07, 6.45) is 0.623. The van der Waals surface area contributed by atoms with Crippen LogP contribution in [0.5, 0.6) is 0 Å². The Kier molecular flexibility index (Phi) is 3.80. The molecule has 1 atom stereocenters. The first-order valence-corrected chi connectivity index (χ1v) is 6.61. The van der Waals surface area contributed by atoms with Gasteiger partial charge in [0.15, 0.2) is 0 Å². The van der Waals surface area contributed by atoms with Crippen LogP contribution in [0.15, 0.2) is 24.3 Å². The molecule has 1 aliphatic heterocycles. The van der Waals surface area contributed by atoms with Crippen LogP contribution in [0.4, 0.5) is 0 Å². The molecule has 0 saturated carbocycles. The number of esters is 1. The predicted octanol–water partition coefficient (Wildman–Crippen LogP) is 2.51. The molecule has 1 aliphatic rings. The Morgan fingerprint density at radius 1 is 1.47 bits per heavy atom. The largest absolute Gasteiger partial charge is 0.464 e. The minimum Gasteiger partial charge on any atom is -0.464 e. The second kappa shape index (κ2) is 5.21. The molecule has 4 nitrogen and oxygen atoms in total. The van der Waals surface area contributed by atoms with Crippen LogP contribution >= 0.6 is 11.6 Å². The second-order valence-electron chi connectivity index (χ2n) is 4.71. The minimum atomic E-state index is -0.852. The molecule has 1 fully saturated rings. The van der Waals surface area contributed by atoms with Crippen LogP contribution in [-0.2, 0) is 9.53 Å². The summed E-state index contributed by atoms with van der Waals surface area (Å²) in [5, 5.41) is 0.504. The zero-order valence-electron chi connectivity index (χ0n) is 11.0. The number of nitrogens with zero attached hydrogens (tertiary/aromatic N) is 1. The molecule has 0 N–H and O–H groups in total. The van der Waals surface area contributed by atoms with Gasteiger partial charge in [-0.25, -0.2) is 4.79 Å². The molecule has 1 saturated heterocycles. The fourth-order valence-corrected chi connectivity index (χ4v) is 2.35. The number of amides is 1. The normalized spacial score (nSPS) is 21.7. The lowest BCUT2D eigenvalue weighted by atomic mass is 9.86. The predicted molar refractivity (Wildman–Crippen MR) is 72.1 cm³/mol. The van der Waals surface area contributed by atoms with E-state index in [1.807, 2.05) is 0 Å². The maximum absolute atomic E-state index is 12.4. The van der Waals surface area contributed by atoms with Gasteiger partial charge in [-0.15, -0.1) is 0 Å². The van der Waals surface area contributed by atoms with Crippen molar-refractivity contribution in [3.05, 3.63) is 34.9 Å². The van der Waals surface area contributed by atoms with Crippen LogP contribution in [0.3, 0.4) is 0 Å². The molecule has 1 heterocycles. The minimum absolute atomic E-state index is 0.190. The molecule has 0 radical (unpaired) electrons. The molecular weight excluding hydrogens is 266 g/mol. The van der Waals surface area contributed by atoms with Crippen LogP contribution in [0, 0.1) is 0 Å². The topological polar surface area (TPSA) is 46.6 Å². The lowest BCUT2D eigenvalue weighted by molar-refractivity contribution is -0.162. The molecule has 1 aromatic carbocycles. The van der Waals surface area contributed by atoms with Crippen LogP contribution < -0.4 is 0 Å². The fraction of sp³-hybridized carbons (Fsp3) is 0.429. The number of hydrogen-bond acceptors (Lipinski definition) is 3. The third kappa shape index (κ3) is 2.45. The monoisotopic (exact) mass is 281 g/mol. The molecule has 102 valence electrons. The van der Waals surface area contributed by atoms with E-state index in [1.165, 1.54) is 4.90 Å². The zero-order chi connectivity index (χ0) is 14.0. The van der Waals surface area contributed by atoms with Gasteiger partial charge in [0.05, 0.1) is 6.61 Å². The molecule has 0 aromatic heterocycles. The number of halogens is 1. The summed E-state index contributed by atoms with van der Waals surface area (Å²) in [5.41, 5.74) is -0.363. The summed E-state index contributed by atoms with van der Waals surface area (Å²) >= 11 is 5.88. The van der Waals surface area contributed by atoms with Gasteiger partial charge in [0.2, 0.25) is 0 Å². The van der Waals surface area contributed by atoms with Crippen molar-refractivity contribution in [2.24, 2.45) is 0 Å². The highest BCUT2D eigenvalue weighted by atomic mass is 35.5. The summed E-state index contributed by atoms with van der Waals surface area (Å²) in [6.45, 7) is 4.36. The Hall–Kier alpha value is -1.55. The van der Waals surface area contributed by atoms with E-state index in [9.17, 15) is 9.59 Å². The van der Waals surface area contributed by atoms with Crippen molar-refractivity contribution in [1.82, 2.24) is 4.90 Å². The average molecular weight is 282 g/mol. The maximum Gasteiger partial charge on any atom is 0.331 e. The Morgan fingerprint density at radius 2 is 2.21 bits per heavy atom. The highest BCUT2D eigenvalue weighted by Crippen LogP contribution is 2.33. The lowest BCUT2D eigenvalue weighted by Crippen LogP contribution is -2.65. The maximum atomic E-state index is 12.4. The van der Waals surface area contributed by atoms with Crippen LogP contribution in [0.2, 0.25) is 5.02 Å². The first-order chi connectivity index (χ1) is 8.99. The van der Waals surface area contributed by atoms with E-state index in [1.54, 1.807) is 38.1 Å². The summed E-state index contributed by atoms with van der Waals surface area (Å²) in [6, 6.07) is 6.72. The van der Waals surface area contributed by atoms with Crippen molar-refractivity contribution in [2.45, 2.75) is 25.8 Å². The van der Waals surface area contributed by atoms with Crippen molar-refractivity contribution in [1.29, 1.82) is 0 Å². The molecule has 2 rings (SSSR count). The molecule has 5 heteroatoms. The Morgan fingerprint density at radius 3 is 2.74 bits per heavy atom. The van der Waals surface area contributed by atoms with E-state index in [4.69, 9.17) is 16.3 Å². The van der Waals surface area contributed by atoms with Gasteiger partial charge in [0, 0.05) is 17.1 Å². The number of carbonyl (C=O) groups is 2. The SMILES string of the molecule is CCOC(=O)C1(C)CCN1C(=O)c1cccc(Cl)c1. The first kappa shape index (κ1) is 13.9. The molecule has 1 amide bonds. The molecule has 0 aliphatic carbocycles. The molecule has 0 spiro atoms. The highest BCUT2D eigenvalue weighted by molar-refractivity contribution is 6.31. The molecule has 0 bridgehead atoms. The third-order valence-corrected chi connectivity index (χ3v) is 3.68. The van der Waals surface area contributed by atoms with Crippen LogP contribution in [0.25, 0.3) is 0 Å². The molecule has 1 aromatic rings. The van der Waals surface area contributed by atoms with E-state index < -0.39 is 5.54 Å². The van der Waals surface area contributed by atoms with Crippen molar-refractivity contribution >= 4 is 23.5 Å². The van der Waals surface area contributed by atoms with Crippen molar-refractivity contribution in [3.8, 4) is 0 Å². The third-order valence-electron chi connectivity index (χ3n) is 3.45. The van der Waals surface area contributed by atoms with Gasteiger partial charge in [-0.2, -0.15) is 0 Å². The van der Waals surface area contributed by atoms with E-state index in [0.29, 0.717) is 30.2 Å². The summed E-state index contributed by atoms with van der Waals surface area (Å²) in [4.78, 5) is 25.8. The number of likely N-dealkylation sites (tertiary alicyclic amines) is 1. The zero-order valence-corrected chi connectivity index (χ0v) is 11.7. The summed E-state index contributed by atoms with van der Waals surface area (Å²) < 4.78 is 5.03. The first-order valence-electron chi connectivity index (χ1n) is 6.24. The number of carbonyl (C=O) groups excluding carboxylic acids is 2. The van der Waals surface area contributed by atoms with Crippen molar-refractivity contribution in [3.63, 3.8) is 0 Å². The molecule has 19 heavy (non-hydrogen) atoms. The second-order valence-corrected chi connectivity index (χ2v) is 5.15. The standard InChI is InChI=1S/C14H16ClNO3/c1-3-19-13(18)14(2)7-8-16(14)12(17)10-5-4-6-11(15)9-10/h4-6,9H,3,7-8H2,1-2H3. The van der Waals surface area contributed by atoms with E-state index in [2.05, 4.69) is 0 Å². The Balaban J connectivity index is 2.19. The quantitative estimate of drug-likeness (QED) is 0.800. The van der Waals surface area contributed by atoms with Gasteiger partial charge in [-0.3, -0.25) is 4.79 Å². The average Bonchev–Trinajstić information content (AvgIpc) is 2.36. The van der Waals surface area contributed by atoms with Crippen LogP contribution in [0.1, 0.15) is 30.6 Å². The van der Waals surface area contributed by atoms with Gasteiger partial charge in [0.25, 0.3) is 5.91 Å². The smallest absolute Gasteiger partial charge is 0.331 e.